The van der Waals surface area contributed by atoms with Crippen LogP contribution < -0.4 is 0 Å². The van der Waals surface area contributed by atoms with Crippen molar-refractivity contribution < 1.29 is 0 Å². The minimum absolute atomic E-state index is 0.615. The molecular weight excluding hydrogens is 440 g/mol. The van der Waals surface area contributed by atoms with E-state index in [0.717, 1.165) is 0 Å². The van der Waals surface area contributed by atoms with Gasteiger partial charge in [0.05, 0.1) is 0 Å². The lowest BCUT2D eigenvalue weighted by molar-refractivity contribution is 0.352. The fourth-order valence-electron chi connectivity index (χ4n) is 7.17. The lowest BCUT2D eigenvalue weighted by Gasteiger charge is -2.46. The van der Waals surface area contributed by atoms with Gasteiger partial charge < -0.3 is 0 Å². The third-order valence-corrected chi connectivity index (χ3v) is 11.5. The molecule has 0 unspecified atom stereocenters. The Morgan fingerprint density at radius 2 is 0.657 bits per heavy atom. The molecular formula is C34H66S. The second-order valence-electron chi connectivity index (χ2n) is 12.7. The second-order valence-corrected chi connectivity index (χ2v) is 14.7. The van der Waals surface area contributed by atoms with Crippen LogP contribution in [0.25, 0.3) is 0 Å². The maximum Gasteiger partial charge on any atom is 0.0165 e. The summed E-state index contributed by atoms with van der Waals surface area (Å²) in [5.41, 5.74) is 0. The molecule has 35 heavy (non-hydrogen) atoms. The van der Waals surface area contributed by atoms with E-state index in [1.165, 1.54) is 193 Å². The number of unbranched alkanes of at least 4 members (excludes halogenated alkanes) is 12. The van der Waals surface area contributed by atoms with Gasteiger partial charge in [-0.15, -0.1) is 11.8 Å². The quantitative estimate of drug-likeness (QED) is 0.166. The summed E-state index contributed by atoms with van der Waals surface area (Å²) in [5, 5.41) is 0. The van der Waals surface area contributed by atoms with E-state index >= 15 is 0 Å². The Balaban J connectivity index is 1.99. The van der Waals surface area contributed by atoms with Gasteiger partial charge in [-0.3, -0.25) is 0 Å². The molecule has 208 valence electrons. The Morgan fingerprint density at radius 1 is 0.371 bits per heavy atom. The number of hydrogen-bond donors (Lipinski definition) is 0. The summed E-state index contributed by atoms with van der Waals surface area (Å²) in [5.74, 6) is 0. The lowest BCUT2D eigenvalue weighted by Crippen LogP contribution is -2.37. The molecule has 0 radical (unpaired) electrons. The first-order chi connectivity index (χ1) is 17.2. The third kappa shape index (κ3) is 14.2. The summed E-state index contributed by atoms with van der Waals surface area (Å²) in [6, 6.07) is 0. The molecule has 2 rings (SSSR count). The van der Waals surface area contributed by atoms with Crippen LogP contribution in [0.4, 0.5) is 0 Å². The van der Waals surface area contributed by atoms with Crippen molar-refractivity contribution in [1.29, 1.82) is 0 Å². The highest BCUT2D eigenvalue weighted by Gasteiger charge is 2.40. The highest BCUT2D eigenvalue weighted by Crippen LogP contribution is 2.54. The van der Waals surface area contributed by atoms with Crippen LogP contribution in [0.15, 0.2) is 0 Å². The SMILES string of the molecule is CCCCCCCCCC1(SC2(CCCCCCCCC)CCCCCCC2)CCCCCCC1. The lowest BCUT2D eigenvalue weighted by atomic mass is 9.85. The van der Waals surface area contributed by atoms with Gasteiger partial charge in [0.2, 0.25) is 0 Å². The van der Waals surface area contributed by atoms with Crippen molar-refractivity contribution in [3.05, 3.63) is 0 Å². The summed E-state index contributed by atoms with van der Waals surface area (Å²) in [6.07, 6.45) is 44.8. The molecule has 0 N–H and O–H groups in total. The van der Waals surface area contributed by atoms with E-state index in [9.17, 15) is 0 Å². The van der Waals surface area contributed by atoms with E-state index in [0.29, 0.717) is 9.49 Å². The normalized spacial score (nSPS) is 21.1. The molecule has 0 spiro atoms. The molecule has 0 amide bonds. The molecule has 0 bridgehead atoms. The zero-order valence-electron chi connectivity index (χ0n) is 24.6. The Bertz CT molecular complexity index is 411. The largest absolute Gasteiger partial charge is 0.148 e. The van der Waals surface area contributed by atoms with Crippen LogP contribution in [0.5, 0.6) is 0 Å². The van der Waals surface area contributed by atoms with Crippen LogP contribution in [0.1, 0.15) is 206 Å². The van der Waals surface area contributed by atoms with E-state index in [4.69, 9.17) is 0 Å². The Kier molecular flexibility index (Phi) is 18.3. The van der Waals surface area contributed by atoms with Gasteiger partial charge in [-0.1, -0.05) is 168 Å². The monoisotopic (exact) mass is 506 g/mol. The van der Waals surface area contributed by atoms with E-state index in [1.54, 1.807) is 0 Å². The minimum Gasteiger partial charge on any atom is -0.148 e. The Morgan fingerprint density at radius 3 is 1.00 bits per heavy atom. The minimum atomic E-state index is 0.615. The number of thioether (sulfide) groups is 1. The van der Waals surface area contributed by atoms with Crippen molar-refractivity contribution >= 4 is 11.8 Å². The number of rotatable bonds is 18. The molecule has 2 saturated carbocycles. The predicted molar refractivity (Wildman–Crippen MR) is 163 cm³/mol. The first kappa shape index (κ1) is 31.6. The van der Waals surface area contributed by atoms with Gasteiger partial charge in [0, 0.05) is 9.49 Å². The zero-order valence-corrected chi connectivity index (χ0v) is 25.4. The molecule has 0 atom stereocenters. The van der Waals surface area contributed by atoms with E-state index in [1.807, 2.05) is 0 Å². The molecule has 0 nitrogen and oxygen atoms in total. The van der Waals surface area contributed by atoms with E-state index < -0.39 is 0 Å². The van der Waals surface area contributed by atoms with Crippen LogP contribution in [-0.2, 0) is 0 Å². The number of hydrogen-bond acceptors (Lipinski definition) is 1. The molecule has 2 fully saturated rings. The van der Waals surface area contributed by atoms with Crippen molar-refractivity contribution in [1.82, 2.24) is 0 Å². The van der Waals surface area contributed by atoms with Crippen LogP contribution in [0.3, 0.4) is 0 Å². The van der Waals surface area contributed by atoms with Gasteiger partial charge >= 0.3 is 0 Å². The summed E-state index contributed by atoms with van der Waals surface area (Å²) in [4.78, 5) is 0. The van der Waals surface area contributed by atoms with Gasteiger partial charge in [0.25, 0.3) is 0 Å². The zero-order chi connectivity index (χ0) is 24.9. The molecule has 0 aromatic rings. The van der Waals surface area contributed by atoms with Crippen molar-refractivity contribution in [3.63, 3.8) is 0 Å². The van der Waals surface area contributed by atoms with Crippen molar-refractivity contribution in [2.24, 2.45) is 0 Å². The van der Waals surface area contributed by atoms with Crippen molar-refractivity contribution in [2.75, 3.05) is 0 Å². The molecule has 0 aliphatic heterocycles. The van der Waals surface area contributed by atoms with Gasteiger partial charge in [0.1, 0.15) is 0 Å². The standard InChI is InChI=1S/C34H66S/c1-3-5-7-9-11-15-21-27-33(29-23-17-13-18-24-30-33)35-34(31-25-19-14-20-26-32-34)28-22-16-12-10-8-6-4-2/h3-32H2,1-2H3. The van der Waals surface area contributed by atoms with Crippen LogP contribution in [-0.4, -0.2) is 9.49 Å². The maximum absolute atomic E-state index is 2.63. The fourth-order valence-corrected chi connectivity index (χ4v) is 9.57. The summed E-state index contributed by atoms with van der Waals surface area (Å²) in [6.45, 7) is 4.68. The van der Waals surface area contributed by atoms with E-state index in [2.05, 4.69) is 25.6 Å². The Labute approximate surface area is 227 Å². The Hall–Kier alpha value is 0.350. The molecule has 0 aromatic carbocycles. The summed E-state index contributed by atoms with van der Waals surface area (Å²) >= 11 is 2.63. The molecule has 2 aliphatic carbocycles. The highest BCUT2D eigenvalue weighted by atomic mass is 32.2. The highest BCUT2D eigenvalue weighted by molar-refractivity contribution is 8.02. The first-order valence-corrected chi connectivity index (χ1v) is 17.8. The van der Waals surface area contributed by atoms with Gasteiger partial charge in [-0.25, -0.2) is 0 Å². The smallest absolute Gasteiger partial charge is 0.0165 e. The molecule has 2 aliphatic rings. The molecule has 1 heteroatoms. The first-order valence-electron chi connectivity index (χ1n) is 16.9. The van der Waals surface area contributed by atoms with Gasteiger partial charge in [-0.05, 0) is 38.5 Å². The molecule has 0 aromatic heterocycles. The van der Waals surface area contributed by atoms with Crippen LogP contribution >= 0.6 is 11.8 Å². The average molecular weight is 507 g/mol. The predicted octanol–water partition coefficient (Wildman–Crippen LogP) is 13.0. The second kappa shape index (κ2) is 20.3. The summed E-state index contributed by atoms with van der Waals surface area (Å²) < 4.78 is 1.23. The topological polar surface area (TPSA) is 0 Å². The van der Waals surface area contributed by atoms with Crippen molar-refractivity contribution in [2.45, 2.75) is 216 Å². The van der Waals surface area contributed by atoms with Crippen LogP contribution in [0, 0.1) is 0 Å². The molecule has 0 saturated heterocycles. The maximum atomic E-state index is 2.63. The van der Waals surface area contributed by atoms with Crippen molar-refractivity contribution in [3.8, 4) is 0 Å². The van der Waals surface area contributed by atoms with E-state index in [-0.39, 0.29) is 0 Å². The average Bonchev–Trinajstić information content (AvgIpc) is 2.83. The summed E-state index contributed by atoms with van der Waals surface area (Å²) in [7, 11) is 0. The van der Waals surface area contributed by atoms with Gasteiger partial charge in [-0.2, -0.15) is 0 Å². The third-order valence-electron chi connectivity index (χ3n) is 9.43. The van der Waals surface area contributed by atoms with Gasteiger partial charge in [0.15, 0.2) is 0 Å². The fraction of sp³-hybridized carbons (Fsp3) is 1.00. The molecule has 0 heterocycles. The van der Waals surface area contributed by atoms with Crippen LogP contribution in [0.2, 0.25) is 0 Å².